The SMILES string of the molecule is Fc1cc(Cl)ccc1COC1CNCCC1(OCc1ccccc1)c1ccc(Cl)cc1. The molecule has 1 N–H and O–H groups in total. The first-order valence-corrected chi connectivity index (χ1v) is 11.0. The van der Waals surface area contributed by atoms with E-state index >= 15 is 0 Å². The van der Waals surface area contributed by atoms with Crippen molar-refractivity contribution in [1.82, 2.24) is 5.32 Å². The van der Waals surface area contributed by atoms with Crippen molar-refractivity contribution in [2.24, 2.45) is 0 Å². The minimum atomic E-state index is -0.686. The molecule has 1 saturated heterocycles. The Bertz CT molecular complexity index is 1000. The van der Waals surface area contributed by atoms with Crippen LogP contribution in [0.4, 0.5) is 4.39 Å². The summed E-state index contributed by atoms with van der Waals surface area (Å²) in [6, 6.07) is 22.4. The van der Waals surface area contributed by atoms with Gasteiger partial charge in [0.25, 0.3) is 0 Å². The van der Waals surface area contributed by atoms with Crippen molar-refractivity contribution >= 4 is 23.2 Å². The molecule has 3 aromatic carbocycles. The number of hydrogen-bond donors (Lipinski definition) is 1. The third-order valence-corrected chi connectivity index (χ3v) is 6.14. The van der Waals surface area contributed by atoms with Crippen molar-refractivity contribution in [2.45, 2.75) is 31.3 Å². The fraction of sp³-hybridized carbons (Fsp3) is 0.280. The van der Waals surface area contributed by atoms with Gasteiger partial charge in [0.15, 0.2) is 0 Å². The van der Waals surface area contributed by atoms with E-state index in [2.05, 4.69) is 5.32 Å². The van der Waals surface area contributed by atoms with Crippen LogP contribution in [0.15, 0.2) is 72.8 Å². The van der Waals surface area contributed by atoms with Gasteiger partial charge in [-0.05, 0) is 48.4 Å². The Labute approximate surface area is 192 Å². The number of benzene rings is 3. The number of halogens is 3. The molecule has 1 fully saturated rings. The molecule has 3 aromatic rings. The summed E-state index contributed by atoms with van der Waals surface area (Å²) in [5, 5.41) is 4.41. The molecule has 0 aliphatic carbocycles. The molecule has 1 aliphatic rings. The van der Waals surface area contributed by atoms with Gasteiger partial charge in [-0.1, -0.05) is 71.7 Å². The molecule has 0 spiro atoms. The van der Waals surface area contributed by atoms with Crippen LogP contribution in [0.1, 0.15) is 23.1 Å². The molecule has 31 heavy (non-hydrogen) atoms. The quantitative estimate of drug-likeness (QED) is 0.461. The predicted molar refractivity (Wildman–Crippen MR) is 122 cm³/mol. The fourth-order valence-electron chi connectivity index (χ4n) is 3.95. The molecule has 1 aliphatic heterocycles. The van der Waals surface area contributed by atoms with E-state index in [0.29, 0.717) is 28.8 Å². The first kappa shape index (κ1) is 22.3. The zero-order chi connectivity index (χ0) is 21.7. The zero-order valence-corrected chi connectivity index (χ0v) is 18.5. The largest absolute Gasteiger partial charge is 0.369 e. The topological polar surface area (TPSA) is 30.5 Å². The first-order chi connectivity index (χ1) is 15.1. The van der Waals surface area contributed by atoms with Crippen LogP contribution >= 0.6 is 23.2 Å². The van der Waals surface area contributed by atoms with Crippen LogP contribution in [0.3, 0.4) is 0 Å². The van der Waals surface area contributed by atoms with Gasteiger partial charge < -0.3 is 14.8 Å². The number of rotatable bonds is 7. The molecule has 0 bridgehead atoms. The van der Waals surface area contributed by atoms with E-state index in [9.17, 15) is 4.39 Å². The highest BCUT2D eigenvalue weighted by Crippen LogP contribution is 2.38. The highest BCUT2D eigenvalue weighted by molar-refractivity contribution is 6.30. The lowest BCUT2D eigenvalue weighted by Gasteiger charge is -2.44. The van der Waals surface area contributed by atoms with E-state index in [1.807, 2.05) is 54.6 Å². The maximum absolute atomic E-state index is 14.3. The van der Waals surface area contributed by atoms with Gasteiger partial charge >= 0.3 is 0 Å². The van der Waals surface area contributed by atoms with Gasteiger partial charge in [0.1, 0.15) is 17.5 Å². The summed E-state index contributed by atoms with van der Waals surface area (Å²) in [7, 11) is 0. The van der Waals surface area contributed by atoms with Crippen LogP contribution < -0.4 is 5.32 Å². The summed E-state index contributed by atoms with van der Waals surface area (Å²) in [6.07, 6.45) is 0.399. The Balaban J connectivity index is 1.61. The van der Waals surface area contributed by atoms with Crippen LogP contribution in [-0.4, -0.2) is 19.2 Å². The highest BCUT2D eigenvalue weighted by atomic mass is 35.5. The van der Waals surface area contributed by atoms with Crippen molar-refractivity contribution in [3.8, 4) is 0 Å². The molecule has 2 atom stereocenters. The number of piperidine rings is 1. The third kappa shape index (κ3) is 5.28. The van der Waals surface area contributed by atoms with E-state index in [1.165, 1.54) is 6.07 Å². The third-order valence-electron chi connectivity index (χ3n) is 5.65. The van der Waals surface area contributed by atoms with E-state index < -0.39 is 5.60 Å². The van der Waals surface area contributed by atoms with Gasteiger partial charge in [0.2, 0.25) is 0 Å². The van der Waals surface area contributed by atoms with E-state index in [4.69, 9.17) is 32.7 Å². The van der Waals surface area contributed by atoms with Gasteiger partial charge in [-0.3, -0.25) is 0 Å². The van der Waals surface area contributed by atoms with Crippen LogP contribution in [0, 0.1) is 5.82 Å². The Morgan fingerprint density at radius 2 is 1.68 bits per heavy atom. The average molecular weight is 460 g/mol. The summed E-state index contributed by atoms with van der Waals surface area (Å²) in [5.74, 6) is -0.376. The minimum absolute atomic E-state index is 0.124. The molecule has 162 valence electrons. The van der Waals surface area contributed by atoms with Crippen LogP contribution in [-0.2, 0) is 28.3 Å². The monoisotopic (exact) mass is 459 g/mol. The molecule has 4 rings (SSSR count). The van der Waals surface area contributed by atoms with E-state index in [-0.39, 0.29) is 18.5 Å². The molecule has 0 amide bonds. The van der Waals surface area contributed by atoms with Crippen LogP contribution in [0.2, 0.25) is 10.0 Å². The lowest BCUT2D eigenvalue weighted by molar-refractivity contribution is -0.176. The van der Waals surface area contributed by atoms with Crippen molar-refractivity contribution in [3.05, 3.63) is 105 Å². The fourth-order valence-corrected chi connectivity index (χ4v) is 4.24. The van der Waals surface area contributed by atoms with Crippen molar-refractivity contribution in [2.75, 3.05) is 13.1 Å². The molecule has 0 aromatic heterocycles. The summed E-state index contributed by atoms with van der Waals surface area (Å²) in [5.41, 5.74) is 1.85. The van der Waals surface area contributed by atoms with Gasteiger partial charge in [-0.25, -0.2) is 4.39 Å². The van der Waals surface area contributed by atoms with Gasteiger partial charge in [0.05, 0.1) is 13.2 Å². The lowest BCUT2D eigenvalue weighted by Crippen LogP contribution is -2.54. The van der Waals surface area contributed by atoms with Gasteiger partial charge in [-0.2, -0.15) is 0 Å². The van der Waals surface area contributed by atoms with E-state index in [1.54, 1.807) is 12.1 Å². The van der Waals surface area contributed by atoms with Crippen LogP contribution in [0.25, 0.3) is 0 Å². The molecule has 3 nitrogen and oxygen atoms in total. The van der Waals surface area contributed by atoms with E-state index in [0.717, 1.165) is 24.1 Å². The summed E-state index contributed by atoms with van der Waals surface area (Å²) in [4.78, 5) is 0. The predicted octanol–water partition coefficient (Wildman–Crippen LogP) is 6.12. The average Bonchev–Trinajstić information content (AvgIpc) is 2.79. The second-order valence-corrected chi connectivity index (χ2v) is 8.53. The standard InChI is InChI=1S/C25H24Cl2FNO2/c26-21-10-7-20(8-11-21)25(31-16-18-4-2-1-3-5-18)12-13-29-15-24(25)30-17-19-6-9-22(27)14-23(19)28/h1-11,14,24,29H,12-13,15-17H2. The molecule has 0 saturated carbocycles. The minimum Gasteiger partial charge on any atom is -0.369 e. The summed E-state index contributed by atoms with van der Waals surface area (Å²) >= 11 is 12.0. The maximum Gasteiger partial charge on any atom is 0.130 e. The maximum atomic E-state index is 14.3. The van der Waals surface area contributed by atoms with Crippen molar-refractivity contribution < 1.29 is 13.9 Å². The summed E-state index contributed by atoms with van der Waals surface area (Å²) < 4.78 is 27.2. The van der Waals surface area contributed by atoms with Gasteiger partial charge in [0, 0.05) is 22.2 Å². The van der Waals surface area contributed by atoms with Crippen LogP contribution in [0.5, 0.6) is 0 Å². The Morgan fingerprint density at radius 1 is 0.935 bits per heavy atom. The summed E-state index contributed by atoms with van der Waals surface area (Å²) in [6.45, 7) is 1.94. The Kier molecular flexibility index (Phi) is 7.26. The zero-order valence-electron chi connectivity index (χ0n) is 17.0. The number of hydrogen-bond acceptors (Lipinski definition) is 3. The van der Waals surface area contributed by atoms with Crippen molar-refractivity contribution in [1.29, 1.82) is 0 Å². The highest BCUT2D eigenvalue weighted by Gasteiger charge is 2.44. The van der Waals surface area contributed by atoms with Crippen molar-refractivity contribution in [3.63, 3.8) is 0 Å². The molecule has 1 heterocycles. The molecule has 0 radical (unpaired) electrons. The smallest absolute Gasteiger partial charge is 0.130 e. The van der Waals surface area contributed by atoms with Gasteiger partial charge in [-0.15, -0.1) is 0 Å². The molecular weight excluding hydrogens is 436 g/mol. The second kappa shape index (κ2) is 10.1. The first-order valence-electron chi connectivity index (χ1n) is 10.3. The second-order valence-electron chi connectivity index (χ2n) is 7.66. The molecule has 6 heteroatoms. The molecule has 2 unspecified atom stereocenters. The lowest BCUT2D eigenvalue weighted by atomic mass is 9.82. The normalized spacial score (nSPS) is 21.2. The molecular formula is C25H24Cl2FNO2. The number of ether oxygens (including phenoxy) is 2. The Hall–Kier alpha value is -1.95. The number of nitrogens with one attached hydrogen (secondary N) is 1. The Morgan fingerprint density at radius 3 is 2.42 bits per heavy atom.